The maximum Gasteiger partial charge on any atom is 0.269 e. The monoisotopic (exact) mass is 282 g/mol. The molecule has 3 rings (SSSR count). The number of carbonyl (C=O) groups excluding carboxylic acids is 1. The zero-order valence-corrected chi connectivity index (χ0v) is 11.7. The number of carbonyl (C=O) groups is 1. The molecule has 0 fully saturated rings. The van der Waals surface area contributed by atoms with Gasteiger partial charge in [-0.3, -0.25) is 9.78 Å². The van der Waals surface area contributed by atoms with Crippen LogP contribution in [0.1, 0.15) is 28.0 Å². The van der Waals surface area contributed by atoms with Crippen molar-refractivity contribution in [3.8, 4) is 0 Å². The summed E-state index contributed by atoms with van der Waals surface area (Å²) in [5.74, 6) is -0.247. The molecule has 0 radical (unpaired) electrons. The fourth-order valence-electron chi connectivity index (χ4n) is 2.77. The van der Waals surface area contributed by atoms with E-state index >= 15 is 0 Å². The summed E-state index contributed by atoms with van der Waals surface area (Å²) in [5, 5.41) is 13.5. The number of nitrogens with zero attached hydrogens (tertiary/aromatic N) is 1. The molecule has 1 heterocycles. The highest BCUT2D eigenvalue weighted by molar-refractivity contribution is 5.92. The Balaban J connectivity index is 1.65. The van der Waals surface area contributed by atoms with Gasteiger partial charge >= 0.3 is 0 Å². The van der Waals surface area contributed by atoms with Crippen molar-refractivity contribution in [3.05, 3.63) is 65.5 Å². The molecule has 21 heavy (non-hydrogen) atoms. The number of fused-ring (bicyclic) bond motifs is 1. The van der Waals surface area contributed by atoms with Crippen molar-refractivity contribution in [1.29, 1.82) is 0 Å². The highest BCUT2D eigenvalue weighted by Gasteiger charge is 2.32. The summed E-state index contributed by atoms with van der Waals surface area (Å²) < 4.78 is 0. The van der Waals surface area contributed by atoms with Crippen LogP contribution in [-0.4, -0.2) is 28.1 Å². The Bertz CT molecular complexity index is 642. The van der Waals surface area contributed by atoms with E-state index in [1.807, 2.05) is 18.2 Å². The number of hydrogen-bond acceptors (Lipinski definition) is 3. The van der Waals surface area contributed by atoms with Gasteiger partial charge in [0.15, 0.2) is 0 Å². The van der Waals surface area contributed by atoms with Gasteiger partial charge < -0.3 is 10.4 Å². The fraction of sp³-hybridized carbons (Fsp3) is 0.294. The highest BCUT2D eigenvalue weighted by Crippen LogP contribution is 2.28. The minimum absolute atomic E-state index is 0.247. The van der Waals surface area contributed by atoms with Crippen molar-refractivity contribution >= 4 is 5.91 Å². The minimum Gasteiger partial charge on any atom is -0.388 e. The van der Waals surface area contributed by atoms with E-state index in [-0.39, 0.29) is 12.5 Å². The van der Waals surface area contributed by atoms with Crippen LogP contribution in [0.5, 0.6) is 0 Å². The van der Waals surface area contributed by atoms with Crippen molar-refractivity contribution in [2.45, 2.75) is 24.9 Å². The topological polar surface area (TPSA) is 62.2 Å². The first-order valence-electron chi connectivity index (χ1n) is 7.15. The normalized spacial score (nSPS) is 20.6. The first-order valence-corrected chi connectivity index (χ1v) is 7.15. The molecule has 0 spiro atoms. The van der Waals surface area contributed by atoms with Gasteiger partial charge in [-0.05, 0) is 36.1 Å². The lowest BCUT2D eigenvalue weighted by Gasteiger charge is -2.33. The number of pyridine rings is 1. The average molecular weight is 282 g/mol. The van der Waals surface area contributed by atoms with Crippen LogP contribution in [0, 0.1) is 0 Å². The van der Waals surface area contributed by atoms with Crippen LogP contribution in [0.2, 0.25) is 0 Å². The quantitative estimate of drug-likeness (QED) is 0.901. The van der Waals surface area contributed by atoms with E-state index in [1.54, 1.807) is 24.4 Å². The van der Waals surface area contributed by atoms with Gasteiger partial charge in [0.2, 0.25) is 0 Å². The largest absolute Gasteiger partial charge is 0.388 e. The Morgan fingerprint density at radius 2 is 1.95 bits per heavy atom. The second-order valence-electron chi connectivity index (χ2n) is 5.57. The highest BCUT2D eigenvalue weighted by atomic mass is 16.3. The Morgan fingerprint density at radius 3 is 2.71 bits per heavy atom. The zero-order chi connectivity index (χ0) is 14.7. The van der Waals surface area contributed by atoms with Crippen LogP contribution in [-0.2, 0) is 12.8 Å². The van der Waals surface area contributed by atoms with E-state index < -0.39 is 5.60 Å². The summed E-state index contributed by atoms with van der Waals surface area (Å²) in [5.41, 5.74) is 1.95. The van der Waals surface area contributed by atoms with E-state index in [0.717, 1.165) is 6.42 Å². The molecule has 0 aliphatic heterocycles. The van der Waals surface area contributed by atoms with Crippen LogP contribution in [0.4, 0.5) is 0 Å². The van der Waals surface area contributed by atoms with Crippen molar-refractivity contribution in [2.75, 3.05) is 6.54 Å². The molecular formula is C17H18N2O2. The molecule has 1 atom stereocenters. The van der Waals surface area contributed by atoms with Crippen molar-refractivity contribution < 1.29 is 9.90 Å². The second-order valence-corrected chi connectivity index (χ2v) is 5.57. The Labute approximate surface area is 123 Å². The standard InChI is InChI=1S/C17H18N2O2/c20-16(15-7-3-4-10-18-15)19-12-17(21)9-8-13-5-1-2-6-14(13)11-17/h1-7,10,21H,8-9,11-12H2,(H,19,20)/t17-/m0/s1. The minimum atomic E-state index is -0.876. The van der Waals surface area contributed by atoms with Crippen molar-refractivity contribution in [3.63, 3.8) is 0 Å². The third-order valence-corrected chi connectivity index (χ3v) is 3.97. The molecule has 0 saturated carbocycles. The van der Waals surface area contributed by atoms with E-state index in [2.05, 4.69) is 16.4 Å². The van der Waals surface area contributed by atoms with Gasteiger partial charge in [-0.25, -0.2) is 0 Å². The van der Waals surface area contributed by atoms with E-state index in [1.165, 1.54) is 11.1 Å². The van der Waals surface area contributed by atoms with Gasteiger partial charge in [0.05, 0.1) is 5.60 Å². The van der Waals surface area contributed by atoms with Gasteiger partial charge in [0, 0.05) is 19.2 Å². The molecule has 0 unspecified atom stereocenters. The van der Waals surface area contributed by atoms with Crippen molar-refractivity contribution in [1.82, 2.24) is 10.3 Å². The predicted octanol–water partition coefficient (Wildman–Crippen LogP) is 1.73. The maximum absolute atomic E-state index is 12.0. The number of rotatable bonds is 3. The lowest BCUT2D eigenvalue weighted by Crippen LogP contribution is -2.46. The van der Waals surface area contributed by atoms with Gasteiger partial charge in [0.1, 0.15) is 5.69 Å². The van der Waals surface area contributed by atoms with E-state index in [9.17, 15) is 9.90 Å². The number of hydrogen-bond donors (Lipinski definition) is 2. The van der Waals surface area contributed by atoms with E-state index in [4.69, 9.17) is 0 Å². The second kappa shape index (κ2) is 5.66. The predicted molar refractivity (Wildman–Crippen MR) is 80.0 cm³/mol. The van der Waals surface area contributed by atoms with E-state index in [0.29, 0.717) is 18.5 Å². The number of amides is 1. The maximum atomic E-state index is 12.0. The summed E-state index contributed by atoms with van der Waals surface area (Å²) >= 11 is 0. The lowest BCUT2D eigenvalue weighted by atomic mass is 9.80. The number of aryl methyl sites for hydroxylation is 1. The van der Waals surface area contributed by atoms with Crippen LogP contribution < -0.4 is 5.32 Å². The summed E-state index contributed by atoms with van der Waals surface area (Å²) in [4.78, 5) is 16.0. The van der Waals surface area contributed by atoms with Crippen molar-refractivity contribution in [2.24, 2.45) is 0 Å². The molecule has 1 amide bonds. The van der Waals surface area contributed by atoms with Gasteiger partial charge in [0.25, 0.3) is 5.91 Å². The molecule has 1 aromatic carbocycles. The molecule has 2 N–H and O–H groups in total. The molecule has 108 valence electrons. The number of aromatic nitrogens is 1. The van der Waals surface area contributed by atoms with Crippen LogP contribution in [0.25, 0.3) is 0 Å². The summed E-state index contributed by atoms with van der Waals surface area (Å²) in [6.07, 6.45) is 3.66. The molecule has 0 saturated heterocycles. The Hall–Kier alpha value is -2.20. The molecule has 1 aromatic heterocycles. The Kier molecular flexibility index (Phi) is 3.71. The number of nitrogens with one attached hydrogen (secondary N) is 1. The summed E-state index contributed by atoms with van der Waals surface area (Å²) in [6.45, 7) is 0.247. The summed E-state index contributed by atoms with van der Waals surface area (Å²) in [6, 6.07) is 13.3. The molecule has 4 heteroatoms. The first kappa shape index (κ1) is 13.8. The lowest BCUT2D eigenvalue weighted by molar-refractivity contribution is 0.0259. The van der Waals surface area contributed by atoms with Gasteiger partial charge in [-0.15, -0.1) is 0 Å². The third-order valence-electron chi connectivity index (χ3n) is 3.97. The number of aliphatic hydroxyl groups is 1. The Morgan fingerprint density at radius 1 is 1.19 bits per heavy atom. The van der Waals surface area contributed by atoms with Crippen LogP contribution in [0.3, 0.4) is 0 Å². The first-order chi connectivity index (χ1) is 10.2. The molecule has 0 bridgehead atoms. The molecular weight excluding hydrogens is 264 g/mol. The van der Waals surface area contributed by atoms with Gasteiger partial charge in [-0.1, -0.05) is 30.3 Å². The number of benzene rings is 1. The average Bonchev–Trinajstić information content (AvgIpc) is 2.53. The van der Waals surface area contributed by atoms with Crippen LogP contribution >= 0.6 is 0 Å². The molecule has 4 nitrogen and oxygen atoms in total. The third kappa shape index (κ3) is 3.11. The summed E-state index contributed by atoms with van der Waals surface area (Å²) in [7, 11) is 0. The molecule has 1 aliphatic rings. The smallest absolute Gasteiger partial charge is 0.269 e. The van der Waals surface area contributed by atoms with Crippen LogP contribution in [0.15, 0.2) is 48.7 Å². The fourth-order valence-corrected chi connectivity index (χ4v) is 2.77. The zero-order valence-electron chi connectivity index (χ0n) is 11.7. The van der Waals surface area contributed by atoms with Gasteiger partial charge in [-0.2, -0.15) is 0 Å². The molecule has 2 aromatic rings. The molecule has 1 aliphatic carbocycles. The SMILES string of the molecule is O=C(NC[C@]1(O)CCc2ccccc2C1)c1ccccn1.